The quantitative estimate of drug-likeness (QED) is 0.728. The lowest BCUT2D eigenvalue weighted by Gasteiger charge is -2.24. The number of rotatable bonds is 6. The summed E-state index contributed by atoms with van der Waals surface area (Å²) >= 11 is 0. The molecule has 2 heterocycles. The highest BCUT2D eigenvalue weighted by Gasteiger charge is 2.45. The van der Waals surface area contributed by atoms with Crippen LogP contribution in [0.15, 0.2) is 30.3 Å². The highest BCUT2D eigenvalue weighted by molar-refractivity contribution is 5.84. The lowest BCUT2D eigenvalue weighted by molar-refractivity contribution is -0.183. The van der Waals surface area contributed by atoms with Gasteiger partial charge in [0, 0.05) is 6.61 Å². The third kappa shape index (κ3) is 4.94. The van der Waals surface area contributed by atoms with Crippen LogP contribution in [0.3, 0.4) is 0 Å². The Balaban J connectivity index is 1.44. The first-order valence-corrected chi connectivity index (χ1v) is 8.72. The maximum atomic E-state index is 11.9. The minimum absolute atomic E-state index is 0.00875. The monoisotopic (exact) mass is 365 g/mol. The number of esters is 1. The molecule has 8 heteroatoms. The van der Waals surface area contributed by atoms with Gasteiger partial charge in [0.25, 0.3) is 0 Å². The van der Waals surface area contributed by atoms with Crippen LogP contribution in [-0.4, -0.2) is 54.9 Å². The van der Waals surface area contributed by atoms with Crippen LogP contribution in [-0.2, 0) is 30.3 Å². The van der Waals surface area contributed by atoms with E-state index < -0.39 is 30.3 Å². The van der Waals surface area contributed by atoms with Crippen LogP contribution < -0.4 is 5.32 Å². The molecule has 0 saturated carbocycles. The lowest BCUT2D eigenvalue weighted by atomic mass is 10.1. The van der Waals surface area contributed by atoms with Crippen molar-refractivity contribution in [3.63, 3.8) is 0 Å². The van der Waals surface area contributed by atoms with Crippen molar-refractivity contribution in [3.05, 3.63) is 35.9 Å². The highest BCUT2D eigenvalue weighted by Crippen LogP contribution is 2.20. The number of hydrogen-bond donors (Lipinski definition) is 2. The fourth-order valence-electron chi connectivity index (χ4n) is 2.86. The molecule has 2 saturated heterocycles. The molecule has 2 aliphatic heterocycles. The van der Waals surface area contributed by atoms with Gasteiger partial charge in [0.1, 0.15) is 12.7 Å². The molecule has 2 N–H and O–H groups in total. The number of carbonyl (C=O) groups excluding carboxylic acids is 2. The van der Waals surface area contributed by atoms with Gasteiger partial charge in [-0.25, -0.2) is 9.59 Å². The van der Waals surface area contributed by atoms with Crippen LogP contribution in [0.1, 0.15) is 24.8 Å². The van der Waals surface area contributed by atoms with Gasteiger partial charge < -0.3 is 29.4 Å². The Bertz CT molecular complexity index is 603. The standard InChI is InChI=1S/C18H23NO7/c20-16-13(11-24-14-8-4-5-9-23-14)26-17(21)15(16)19-18(22)25-10-12-6-2-1-3-7-12/h1-3,6-7,13-16,20H,4-5,8-11H2,(H,19,22)/t13-,14+,15+,16-/m1/s1. The molecule has 0 spiro atoms. The van der Waals surface area contributed by atoms with Crippen LogP contribution >= 0.6 is 0 Å². The lowest BCUT2D eigenvalue weighted by Crippen LogP contribution is -2.47. The van der Waals surface area contributed by atoms with Crippen LogP contribution in [0.5, 0.6) is 0 Å². The first-order valence-electron chi connectivity index (χ1n) is 8.72. The number of benzene rings is 1. The van der Waals surface area contributed by atoms with Gasteiger partial charge in [-0.3, -0.25) is 0 Å². The first-order chi connectivity index (χ1) is 12.6. The minimum atomic E-state index is -1.21. The molecule has 4 atom stereocenters. The molecule has 0 bridgehead atoms. The maximum absolute atomic E-state index is 11.9. The summed E-state index contributed by atoms with van der Waals surface area (Å²) in [6.45, 7) is 0.708. The zero-order valence-electron chi connectivity index (χ0n) is 14.3. The number of aliphatic hydroxyl groups is 1. The van der Waals surface area contributed by atoms with Gasteiger partial charge in [0.15, 0.2) is 18.4 Å². The number of alkyl carbamates (subject to hydrolysis) is 1. The molecule has 1 aromatic carbocycles. The Labute approximate surface area is 151 Å². The van der Waals surface area contributed by atoms with E-state index in [0.717, 1.165) is 24.8 Å². The molecule has 142 valence electrons. The summed E-state index contributed by atoms with van der Waals surface area (Å²) in [5, 5.41) is 12.6. The molecule has 26 heavy (non-hydrogen) atoms. The van der Waals surface area contributed by atoms with Crippen molar-refractivity contribution in [1.82, 2.24) is 5.32 Å². The van der Waals surface area contributed by atoms with E-state index in [9.17, 15) is 14.7 Å². The van der Waals surface area contributed by atoms with E-state index in [0.29, 0.717) is 6.61 Å². The predicted octanol–water partition coefficient (Wildman–Crippen LogP) is 1.11. The van der Waals surface area contributed by atoms with Crippen LogP contribution in [0, 0.1) is 0 Å². The fraction of sp³-hybridized carbons (Fsp3) is 0.556. The molecule has 8 nitrogen and oxygen atoms in total. The molecule has 1 aromatic rings. The number of cyclic esters (lactones) is 1. The molecule has 3 rings (SSSR count). The molecular formula is C18H23NO7. The van der Waals surface area contributed by atoms with Gasteiger partial charge in [-0.1, -0.05) is 30.3 Å². The number of carbonyl (C=O) groups is 2. The molecule has 2 aliphatic rings. The Morgan fingerprint density at radius 3 is 2.81 bits per heavy atom. The van der Waals surface area contributed by atoms with Crippen molar-refractivity contribution in [3.8, 4) is 0 Å². The average molecular weight is 365 g/mol. The predicted molar refractivity (Wildman–Crippen MR) is 89.0 cm³/mol. The molecule has 0 aliphatic carbocycles. The van der Waals surface area contributed by atoms with E-state index >= 15 is 0 Å². The van der Waals surface area contributed by atoms with Crippen molar-refractivity contribution in [2.45, 2.75) is 50.4 Å². The van der Waals surface area contributed by atoms with Crippen LogP contribution in [0.25, 0.3) is 0 Å². The summed E-state index contributed by atoms with van der Waals surface area (Å²) in [5.74, 6) is -0.715. The zero-order valence-corrected chi connectivity index (χ0v) is 14.3. The van der Waals surface area contributed by atoms with E-state index in [2.05, 4.69) is 5.32 Å². The molecule has 0 unspecified atom stereocenters. The summed E-state index contributed by atoms with van der Waals surface area (Å²) in [6, 6.07) is 7.96. The topological polar surface area (TPSA) is 103 Å². The van der Waals surface area contributed by atoms with Crippen molar-refractivity contribution < 1.29 is 33.6 Å². The van der Waals surface area contributed by atoms with Crippen molar-refractivity contribution in [1.29, 1.82) is 0 Å². The summed E-state index contributed by atoms with van der Waals surface area (Å²) in [7, 11) is 0. The highest BCUT2D eigenvalue weighted by atomic mass is 16.7. The third-order valence-corrected chi connectivity index (χ3v) is 4.31. The summed E-state index contributed by atoms with van der Waals surface area (Å²) in [5.41, 5.74) is 0.816. The zero-order chi connectivity index (χ0) is 18.4. The Kier molecular flexibility index (Phi) is 6.43. The second kappa shape index (κ2) is 8.98. The van der Waals surface area contributed by atoms with Crippen LogP contribution in [0.2, 0.25) is 0 Å². The van der Waals surface area contributed by atoms with Crippen molar-refractivity contribution in [2.24, 2.45) is 0 Å². The second-order valence-electron chi connectivity index (χ2n) is 6.28. The summed E-state index contributed by atoms with van der Waals surface area (Å²) < 4.78 is 21.1. The van der Waals surface area contributed by atoms with E-state index in [1.165, 1.54) is 0 Å². The van der Waals surface area contributed by atoms with Gasteiger partial charge >= 0.3 is 12.1 Å². The number of hydrogen-bond acceptors (Lipinski definition) is 7. The SMILES string of the molecule is O=C(N[C@@H]1C(=O)O[C@H](CO[C@H]2CCCCO2)[C@H]1O)OCc1ccccc1. The van der Waals surface area contributed by atoms with Crippen molar-refractivity contribution in [2.75, 3.05) is 13.2 Å². The largest absolute Gasteiger partial charge is 0.455 e. The van der Waals surface area contributed by atoms with Crippen molar-refractivity contribution >= 4 is 12.1 Å². The van der Waals surface area contributed by atoms with Gasteiger partial charge in [-0.2, -0.15) is 0 Å². The molecule has 2 fully saturated rings. The molecule has 0 aromatic heterocycles. The Hall–Kier alpha value is -2.16. The third-order valence-electron chi connectivity index (χ3n) is 4.31. The molecular weight excluding hydrogens is 342 g/mol. The molecule has 1 amide bonds. The van der Waals surface area contributed by atoms with E-state index in [1.54, 1.807) is 0 Å². The van der Waals surface area contributed by atoms with Gasteiger partial charge in [-0.05, 0) is 24.8 Å². The number of nitrogens with one attached hydrogen (secondary N) is 1. The first kappa shape index (κ1) is 18.6. The second-order valence-corrected chi connectivity index (χ2v) is 6.28. The van der Waals surface area contributed by atoms with Crippen LogP contribution in [0.4, 0.5) is 4.79 Å². The number of amides is 1. The van der Waals surface area contributed by atoms with Gasteiger partial charge in [-0.15, -0.1) is 0 Å². The Morgan fingerprint density at radius 2 is 2.08 bits per heavy atom. The smallest absolute Gasteiger partial charge is 0.408 e. The maximum Gasteiger partial charge on any atom is 0.408 e. The summed E-state index contributed by atoms with van der Waals surface area (Å²) in [4.78, 5) is 23.8. The minimum Gasteiger partial charge on any atom is -0.455 e. The van der Waals surface area contributed by atoms with E-state index in [1.807, 2.05) is 30.3 Å². The number of ether oxygens (including phenoxy) is 4. The normalized spacial score (nSPS) is 28.4. The van der Waals surface area contributed by atoms with E-state index in [4.69, 9.17) is 18.9 Å². The summed E-state index contributed by atoms with van der Waals surface area (Å²) in [6.07, 6.45) is -0.440. The number of aliphatic hydroxyl groups excluding tert-OH is 1. The fourth-order valence-corrected chi connectivity index (χ4v) is 2.86. The Morgan fingerprint density at radius 1 is 1.27 bits per heavy atom. The van der Waals surface area contributed by atoms with Gasteiger partial charge in [0.05, 0.1) is 6.61 Å². The average Bonchev–Trinajstić information content (AvgIpc) is 2.94. The van der Waals surface area contributed by atoms with E-state index in [-0.39, 0.29) is 19.5 Å². The van der Waals surface area contributed by atoms with Gasteiger partial charge in [0.2, 0.25) is 0 Å². The molecule has 0 radical (unpaired) electrons.